The molecule has 0 bridgehead atoms. The average Bonchev–Trinajstić information content (AvgIpc) is 2.87. The lowest BCUT2D eigenvalue weighted by Crippen LogP contribution is -2.57. The Labute approximate surface area is 137 Å². The highest BCUT2D eigenvalue weighted by atomic mass is 32.1. The number of carbonyl (C=O) groups is 2. The standard InChI is InChI=1S/C11H14F2N2OS.C2HF3O2/c1-7-2-3-8(17-7)10(16)15-9-6-14-5-4-11(9,12)13;3-2(4,5)1(6)7/h2-3,9,14H,4-6H2,1H3,(H,15,16);(H,6,7)/t9-;/m1./s1. The minimum atomic E-state index is -5.08. The summed E-state index contributed by atoms with van der Waals surface area (Å²) in [4.78, 5) is 22.1. The van der Waals surface area contributed by atoms with Crippen molar-refractivity contribution in [3.63, 3.8) is 0 Å². The molecule has 0 radical (unpaired) electrons. The summed E-state index contributed by atoms with van der Waals surface area (Å²) in [6.45, 7) is 2.28. The molecule has 1 aromatic rings. The molecule has 1 aromatic heterocycles. The number of carboxylic acids is 1. The van der Waals surface area contributed by atoms with E-state index in [1.165, 1.54) is 11.3 Å². The molecule has 1 saturated heterocycles. The zero-order chi connectivity index (χ0) is 18.5. The normalized spacial score (nSPS) is 19.8. The predicted octanol–water partition coefficient (Wildman–Crippen LogP) is 2.42. The van der Waals surface area contributed by atoms with Crippen LogP contribution in [0.15, 0.2) is 12.1 Å². The Morgan fingerprint density at radius 1 is 1.38 bits per heavy atom. The van der Waals surface area contributed by atoms with Crippen LogP contribution in [0.1, 0.15) is 21.0 Å². The fraction of sp³-hybridized carbons (Fsp3) is 0.538. The molecule has 0 unspecified atom stereocenters. The van der Waals surface area contributed by atoms with E-state index in [2.05, 4.69) is 10.6 Å². The first-order chi connectivity index (χ1) is 10.9. The molecule has 1 aliphatic rings. The molecule has 0 aliphatic carbocycles. The quantitative estimate of drug-likeness (QED) is 0.695. The summed E-state index contributed by atoms with van der Waals surface area (Å²) in [5, 5.41) is 12.4. The summed E-state index contributed by atoms with van der Waals surface area (Å²) in [7, 11) is 0. The molecule has 2 heterocycles. The molecule has 1 amide bonds. The van der Waals surface area contributed by atoms with Crippen LogP contribution in [-0.4, -0.2) is 48.2 Å². The molecule has 2 rings (SSSR count). The van der Waals surface area contributed by atoms with Crippen LogP contribution in [0.5, 0.6) is 0 Å². The van der Waals surface area contributed by atoms with E-state index in [1.807, 2.05) is 6.92 Å². The van der Waals surface area contributed by atoms with E-state index in [0.717, 1.165) is 4.88 Å². The van der Waals surface area contributed by atoms with Crippen LogP contribution in [0.4, 0.5) is 22.0 Å². The third kappa shape index (κ3) is 6.04. The number of carboxylic acid groups (broad SMARTS) is 1. The zero-order valence-electron chi connectivity index (χ0n) is 12.4. The van der Waals surface area contributed by atoms with Crippen molar-refractivity contribution in [1.29, 1.82) is 0 Å². The second kappa shape index (κ2) is 7.88. The third-order valence-corrected chi connectivity index (χ3v) is 4.00. The molecule has 3 N–H and O–H groups in total. The van der Waals surface area contributed by atoms with Crippen molar-refractivity contribution in [3.8, 4) is 0 Å². The van der Waals surface area contributed by atoms with Crippen molar-refractivity contribution in [2.24, 2.45) is 0 Å². The number of amides is 1. The zero-order valence-corrected chi connectivity index (χ0v) is 13.2. The maximum Gasteiger partial charge on any atom is 0.490 e. The number of aliphatic carboxylic acids is 1. The van der Waals surface area contributed by atoms with Gasteiger partial charge in [0.2, 0.25) is 0 Å². The Morgan fingerprint density at radius 3 is 2.38 bits per heavy atom. The number of halogens is 5. The third-order valence-electron chi connectivity index (χ3n) is 3.01. The minimum absolute atomic E-state index is 0.114. The summed E-state index contributed by atoms with van der Waals surface area (Å²) in [6.07, 6.45) is -5.32. The Hall–Kier alpha value is -1.75. The lowest BCUT2D eigenvalue weighted by molar-refractivity contribution is -0.192. The van der Waals surface area contributed by atoms with E-state index in [-0.39, 0.29) is 19.5 Å². The van der Waals surface area contributed by atoms with Crippen LogP contribution in [-0.2, 0) is 4.79 Å². The van der Waals surface area contributed by atoms with Crippen molar-refractivity contribution >= 4 is 23.2 Å². The lowest BCUT2D eigenvalue weighted by atomic mass is 10.0. The number of carbonyl (C=O) groups excluding carboxylic acids is 1. The molecule has 1 fully saturated rings. The summed E-state index contributed by atoms with van der Waals surface area (Å²) in [5.41, 5.74) is 0. The molecular weight excluding hydrogens is 359 g/mol. The Kier molecular flexibility index (Phi) is 6.67. The average molecular weight is 374 g/mol. The number of rotatable bonds is 2. The fourth-order valence-electron chi connectivity index (χ4n) is 1.77. The van der Waals surface area contributed by atoms with Crippen molar-refractivity contribution in [3.05, 3.63) is 21.9 Å². The van der Waals surface area contributed by atoms with Crippen molar-refractivity contribution in [2.75, 3.05) is 13.1 Å². The van der Waals surface area contributed by atoms with Gasteiger partial charge in [0.05, 0.1) is 4.88 Å². The summed E-state index contributed by atoms with van der Waals surface area (Å²) in [6, 6.07) is 2.34. The van der Waals surface area contributed by atoms with Gasteiger partial charge in [-0.25, -0.2) is 13.6 Å². The summed E-state index contributed by atoms with van der Waals surface area (Å²) in [5.74, 6) is -6.00. The van der Waals surface area contributed by atoms with E-state index in [9.17, 15) is 26.7 Å². The highest BCUT2D eigenvalue weighted by molar-refractivity contribution is 7.13. The van der Waals surface area contributed by atoms with Crippen molar-refractivity contribution < 1.29 is 36.6 Å². The maximum absolute atomic E-state index is 13.5. The molecule has 136 valence electrons. The largest absolute Gasteiger partial charge is 0.490 e. The predicted molar refractivity (Wildman–Crippen MR) is 76.4 cm³/mol. The van der Waals surface area contributed by atoms with Gasteiger partial charge in [-0.05, 0) is 19.1 Å². The molecule has 11 heteroatoms. The lowest BCUT2D eigenvalue weighted by Gasteiger charge is -2.32. The van der Waals surface area contributed by atoms with Crippen LogP contribution in [0.3, 0.4) is 0 Å². The van der Waals surface area contributed by atoms with E-state index in [4.69, 9.17) is 9.90 Å². The highest BCUT2D eigenvalue weighted by Gasteiger charge is 2.42. The van der Waals surface area contributed by atoms with Gasteiger partial charge < -0.3 is 15.7 Å². The molecule has 0 aromatic carbocycles. The first-order valence-corrected chi connectivity index (χ1v) is 7.51. The minimum Gasteiger partial charge on any atom is -0.475 e. The molecule has 1 atom stereocenters. The van der Waals surface area contributed by atoms with Gasteiger partial charge in [0.25, 0.3) is 11.8 Å². The molecule has 1 aliphatic heterocycles. The molecule has 5 nitrogen and oxygen atoms in total. The molecule has 0 spiro atoms. The maximum atomic E-state index is 13.5. The van der Waals surface area contributed by atoms with Crippen LogP contribution >= 0.6 is 11.3 Å². The summed E-state index contributed by atoms with van der Waals surface area (Å²) < 4.78 is 58.7. The molecular formula is C13H15F5N2O3S. The van der Waals surface area contributed by atoms with E-state index in [1.54, 1.807) is 12.1 Å². The first kappa shape index (κ1) is 20.3. The second-order valence-corrected chi connectivity index (χ2v) is 6.24. The summed E-state index contributed by atoms with van der Waals surface area (Å²) >= 11 is 1.31. The number of aryl methyl sites for hydroxylation is 1. The second-order valence-electron chi connectivity index (χ2n) is 4.95. The molecule has 0 saturated carbocycles. The van der Waals surface area contributed by atoms with E-state index < -0.39 is 30.0 Å². The van der Waals surface area contributed by atoms with Gasteiger partial charge >= 0.3 is 12.1 Å². The van der Waals surface area contributed by atoms with Crippen molar-refractivity contribution in [1.82, 2.24) is 10.6 Å². The topological polar surface area (TPSA) is 78.4 Å². The highest BCUT2D eigenvalue weighted by Crippen LogP contribution is 2.25. The Balaban J connectivity index is 0.000000351. The van der Waals surface area contributed by atoms with Gasteiger partial charge in [-0.15, -0.1) is 11.3 Å². The van der Waals surface area contributed by atoms with Crippen molar-refractivity contribution in [2.45, 2.75) is 31.5 Å². The smallest absolute Gasteiger partial charge is 0.475 e. The van der Waals surface area contributed by atoms with E-state index in [0.29, 0.717) is 4.88 Å². The number of thiophene rings is 1. The fourth-order valence-corrected chi connectivity index (χ4v) is 2.54. The van der Waals surface area contributed by atoms with E-state index >= 15 is 0 Å². The first-order valence-electron chi connectivity index (χ1n) is 6.69. The SMILES string of the molecule is Cc1ccc(C(=O)N[C@@H]2CNCCC2(F)F)s1.O=C(O)C(F)(F)F. The van der Waals surface area contributed by atoms with Gasteiger partial charge in [0.15, 0.2) is 0 Å². The van der Waals surface area contributed by atoms with Crippen LogP contribution in [0, 0.1) is 6.92 Å². The number of alkyl halides is 5. The van der Waals surface area contributed by atoms with Crippen LogP contribution < -0.4 is 10.6 Å². The number of hydrogen-bond donors (Lipinski definition) is 3. The number of nitrogens with one attached hydrogen (secondary N) is 2. The van der Waals surface area contributed by atoms with Gasteiger partial charge in [-0.1, -0.05) is 0 Å². The Morgan fingerprint density at radius 2 is 1.96 bits per heavy atom. The number of piperidine rings is 1. The van der Waals surface area contributed by atoms with Crippen LogP contribution in [0.25, 0.3) is 0 Å². The van der Waals surface area contributed by atoms with Crippen LogP contribution in [0.2, 0.25) is 0 Å². The number of hydrogen-bond acceptors (Lipinski definition) is 4. The monoisotopic (exact) mass is 374 g/mol. The Bertz CT molecular complexity index is 588. The molecule has 24 heavy (non-hydrogen) atoms. The van der Waals surface area contributed by atoms with Gasteiger partial charge in [0.1, 0.15) is 6.04 Å². The van der Waals surface area contributed by atoms with Gasteiger partial charge in [-0.3, -0.25) is 4.79 Å². The van der Waals surface area contributed by atoms with Gasteiger partial charge in [0, 0.05) is 24.4 Å². The van der Waals surface area contributed by atoms with Gasteiger partial charge in [-0.2, -0.15) is 13.2 Å².